The van der Waals surface area contributed by atoms with Gasteiger partial charge in [0, 0.05) is 34.7 Å². The summed E-state index contributed by atoms with van der Waals surface area (Å²) >= 11 is 0. The first-order chi connectivity index (χ1) is 18.1. The van der Waals surface area contributed by atoms with Gasteiger partial charge < -0.3 is 13.9 Å². The number of fused-ring (bicyclic) bond motifs is 2. The number of hydrogen-bond donors (Lipinski definition) is 0. The molecule has 2 heterocycles. The summed E-state index contributed by atoms with van der Waals surface area (Å²) in [6.07, 6.45) is 4.05. The zero-order valence-corrected chi connectivity index (χ0v) is 20.2. The molecule has 0 atom stereocenters. The predicted molar refractivity (Wildman–Crippen MR) is 141 cm³/mol. The van der Waals surface area contributed by atoms with E-state index >= 15 is 0 Å². The molecule has 0 fully saturated rings. The van der Waals surface area contributed by atoms with Gasteiger partial charge in [-0.25, -0.2) is 9.48 Å². The molecule has 2 aromatic heterocycles. The highest BCUT2D eigenvalue weighted by Gasteiger charge is 2.28. The van der Waals surface area contributed by atoms with Gasteiger partial charge in [0.25, 0.3) is 0 Å². The van der Waals surface area contributed by atoms with Crippen molar-refractivity contribution in [3.63, 3.8) is 0 Å². The molecule has 0 saturated carbocycles. The second kappa shape index (κ2) is 8.95. The average molecular weight is 491 g/mol. The minimum atomic E-state index is -0.493. The highest BCUT2D eigenvalue weighted by atomic mass is 16.5. The maximum Gasteiger partial charge on any atom is 0.345 e. The van der Waals surface area contributed by atoms with Crippen LogP contribution in [0.2, 0.25) is 0 Å². The molecule has 7 heteroatoms. The summed E-state index contributed by atoms with van der Waals surface area (Å²) in [6, 6.07) is 22.3. The molecule has 1 aliphatic rings. The van der Waals surface area contributed by atoms with Crippen molar-refractivity contribution in [2.24, 2.45) is 0 Å². The molecule has 0 bridgehead atoms. The SMILES string of the molecule is COc1cc2c(cc1OC)C(=O)/C(=C\c1cn(-c3ccccc3)nc1-c1cc3ccccc3oc1=O)C2. The molecule has 7 nitrogen and oxygen atoms in total. The highest BCUT2D eigenvalue weighted by Crippen LogP contribution is 2.37. The highest BCUT2D eigenvalue weighted by molar-refractivity contribution is 6.16. The molecule has 0 spiro atoms. The molecule has 0 unspecified atom stereocenters. The third-order valence-electron chi connectivity index (χ3n) is 6.52. The summed E-state index contributed by atoms with van der Waals surface area (Å²) in [5.74, 6) is 0.976. The fourth-order valence-corrected chi connectivity index (χ4v) is 4.68. The minimum absolute atomic E-state index is 0.0973. The molecular formula is C30H22N2O5. The second-order valence-electron chi connectivity index (χ2n) is 8.74. The minimum Gasteiger partial charge on any atom is -0.493 e. The van der Waals surface area contributed by atoms with Crippen LogP contribution in [0.3, 0.4) is 0 Å². The number of ether oxygens (including phenoxy) is 2. The van der Waals surface area contributed by atoms with E-state index in [9.17, 15) is 9.59 Å². The first kappa shape index (κ1) is 22.5. The topological polar surface area (TPSA) is 83.6 Å². The fourth-order valence-electron chi connectivity index (χ4n) is 4.68. The van der Waals surface area contributed by atoms with Crippen molar-refractivity contribution in [2.45, 2.75) is 6.42 Å². The number of carbonyl (C=O) groups is 1. The van der Waals surface area contributed by atoms with Gasteiger partial charge in [-0.05, 0) is 48.0 Å². The third-order valence-corrected chi connectivity index (χ3v) is 6.52. The van der Waals surface area contributed by atoms with E-state index in [1.54, 1.807) is 43.2 Å². The molecule has 0 N–H and O–H groups in total. The monoisotopic (exact) mass is 490 g/mol. The smallest absolute Gasteiger partial charge is 0.345 e. The molecular weight excluding hydrogens is 468 g/mol. The first-order valence-corrected chi connectivity index (χ1v) is 11.7. The molecule has 0 saturated heterocycles. The van der Waals surface area contributed by atoms with Crippen molar-refractivity contribution in [2.75, 3.05) is 14.2 Å². The Morgan fingerprint density at radius 2 is 1.62 bits per heavy atom. The van der Waals surface area contributed by atoms with Gasteiger partial charge in [-0.2, -0.15) is 5.10 Å². The van der Waals surface area contributed by atoms with Crippen LogP contribution < -0.4 is 15.1 Å². The number of allylic oxidation sites excluding steroid dienone is 1. The van der Waals surface area contributed by atoms with Crippen LogP contribution >= 0.6 is 0 Å². The van der Waals surface area contributed by atoms with Crippen molar-refractivity contribution < 1.29 is 18.7 Å². The van der Waals surface area contributed by atoms with Crippen LogP contribution in [0, 0.1) is 0 Å². The maximum atomic E-state index is 13.4. The van der Waals surface area contributed by atoms with Crippen LogP contribution in [0.5, 0.6) is 11.5 Å². The zero-order chi connectivity index (χ0) is 25.5. The van der Waals surface area contributed by atoms with E-state index in [4.69, 9.17) is 19.0 Å². The third kappa shape index (κ3) is 3.90. The van der Waals surface area contributed by atoms with Crippen LogP contribution in [0.1, 0.15) is 21.5 Å². The summed E-state index contributed by atoms with van der Waals surface area (Å²) in [5.41, 5.74) is 4.26. The summed E-state index contributed by atoms with van der Waals surface area (Å²) in [6.45, 7) is 0. The van der Waals surface area contributed by atoms with Crippen LogP contribution in [-0.4, -0.2) is 29.8 Å². The van der Waals surface area contributed by atoms with Gasteiger partial charge in [-0.1, -0.05) is 36.4 Å². The standard InChI is InChI=1S/C30H22N2O5/c1-35-26-15-19-12-20(29(33)23(19)16-27(26)36-2)13-21-17-32(22-9-4-3-5-10-22)31-28(21)24-14-18-8-6-7-11-25(18)37-30(24)34/h3-11,13-17H,12H2,1-2H3/b20-13-. The van der Waals surface area contributed by atoms with Gasteiger partial charge in [-0.3, -0.25) is 4.79 Å². The van der Waals surface area contributed by atoms with Crippen molar-refractivity contribution in [3.05, 3.63) is 112 Å². The Labute approximate surface area is 212 Å². The van der Waals surface area contributed by atoms with Gasteiger partial charge in [0.1, 0.15) is 11.3 Å². The van der Waals surface area contributed by atoms with E-state index in [2.05, 4.69) is 0 Å². The molecule has 37 heavy (non-hydrogen) atoms. The number of hydrogen-bond acceptors (Lipinski definition) is 6. The molecule has 182 valence electrons. The molecule has 0 aliphatic heterocycles. The van der Waals surface area contributed by atoms with Crippen LogP contribution in [-0.2, 0) is 6.42 Å². The first-order valence-electron chi connectivity index (χ1n) is 11.7. The van der Waals surface area contributed by atoms with Crippen molar-refractivity contribution in [1.29, 1.82) is 0 Å². The van der Waals surface area contributed by atoms with Gasteiger partial charge in [0.15, 0.2) is 17.3 Å². The lowest BCUT2D eigenvalue weighted by atomic mass is 10.0. The lowest BCUT2D eigenvalue weighted by Gasteiger charge is -2.08. The van der Waals surface area contributed by atoms with Crippen LogP contribution in [0.15, 0.2) is 93.8 Å². The number of nitrogens with zero attached hydrogens (tertiary/aromatic N) is 2. The fraction of sp³-hybridized carbons (Fsp3) is 0.100. The Morgan fingerprint density at radius 1 is 0.892 bits per heavy atom. The summed E-state index contributed by atoms with van der Waals surface area (Å²) in [5, 5.41) is 5.54. The number of Topliss-reactive ketones (excluding diaryl/α,β-unsaturated/α-hetero) is 1. The summed E-state index contributed by atoms with van der Waals surface area (Å²) < 4.78 is 18.1. The van der Waals surface area contributed by atoms with E-state index in [1.165, 1.54) is 0 Å². The second-order valence-corrected chi connectivity index (χ2v) is 8.74. The Morgan fingerprint density at radius 3 is 2.41 bits per heavy atom. The number of ketones is 1. The van der Waals surface area contributed by atoms with Gasteiger partial charge >= 0.3 is 5.63 Å². The predicted octanol–water partition coefficient (Wildman–Crippen LogP) is 5.49. The number of aromatic nitrogens is 2. The molecule has 6 rings (SSSR count). The van der Waals surface area contributed by atoms with Gasteiger partial charge in [0.05, 0.1) is 25.5 Å². The Balaban J connectivity index is 1.51. The Bertz CT molecular complexity index is 1760. The van der Waals surface area contributed by atoms with E-state index in [0.717, 1.165) is 16.6 Å². The van der Waals surface area contributed by atoms with Crippen molar-refractivity contribution >= 4 is 22.8 Å². The van der Waals surface area contributed by atoms with Crippen LogP contribution in [0.4, 0.5) is 0 Å². The molecule has 1 aliphatic carbocycles. The zero-order valence-electron chi connectivity index (χ0n) is 20.2. The molecule has 0 radical (unpaired) electrons. The largest absolute Gasteiger partial charge is 0.493 e. The van der Waals surface area contributed by atoms with E-state index in [-0.39, 0.29) is 5.78 Å². The number of carbonyl (C=O) groups excluding carboxylic acids is 1. The molecule has 0 amide bonds. The van der Waals surface area contributed by atoms with E-state index < -0.39 is 5.63 Å². The number of para-hydroxylation sites is 2. The average Bonchev–Trinajstić information content (AvgIpc) is 3.48. The van der Waals surface area contributed by atoms with Gasteiger partial charge in [0.2, 0.25) is 0 Å². The normalized spacial score (nSPS) is 13.8. The van der Waals surface area contributed by atoms with E-state index in [1.807, 2.05) is 60.8 Å². The Hall–Kier alpha value is -4.91. The van der Waals surface area contributed by atoms with E-state index in [0.29, 0.717) is 51.5 Å². The maximum absolute atomic E-state index is 13.4. The number of methoxy groups -OCH3 is 2. The lowest BCUT2D eigenvalue weighted by Crippen LogP contribution is -2.04. The quantitative estimate of drug-likeness (QED) is 0.239. The van der Waals surface area contributed by atoms with Gasteiger partial charge in [-0.15, -0.1) is 0 Å². The summed E-state index contributed by atoms with van der Waals surface area (Å²) in [7, 11) is 3.11. The van der Waals surface area contributed by atoms with Crippen molar-refractivity contribution in [3.8, 4) is 28.4 Å². The van der Waals surface area contributed by atoms with Crippen molar-refractivity contribution in [1.82, 2.24) is 9.78 Å². The number of benzene rings is 3. The lowest BCUT2D eigenvalue weighted by molar-refractivity contribution is 0.104. The number of rotatable bonds is 5. The summed E-state index contributed by atoms with van der Waals surface area (Å²) in [4.78, 5) is 26.4. The Kier molecular flexibility index (Phi) is 5.45. The molecule has 3 aromatic carbocycles. The molecule has 5 aromatic rings. The van der Waals surface area contributed by atoms with Crippen LogP contribution in [0.25, 0.3) is 34.0 Å².